The highest BCUT2D eigenvalue weighted by Gasteiger charge is 2.38. The van der Waals surface area contributed by atoms with Crippen LogP contribution in [0.25, 0.3) is 0 Å². The van der Waals surface area contributed by atoms with E-state index >= 15 is 0 Å². The minimum Gasteiger partial charge on any atom is -0.382 e. The summed E-state index contributed by atoms with van der Waals surface area (Å²) >= 11 is 0. The molecule has 0 aromatic carbocycles. The normalized spacial score (nSPS) is 17.6. The second kappa shape index (κ2) is 10.3. The molecule has 1 aliphatic rings. The van der Waals surface area contributed by atoms with Crippen LogP contribution in [-0.4, -0.2) is 78.3 Å². The van der Waals surface area contributed by atoms with Crippen LogP contribution in [0.15, 0.2) is 4.99 Å². The van der Waals surface area contributed by atoms with Crippen LogP contribution in [0.3, 0.4) is 0 Å². The summed E-state index contributed by atoms with van der Waals surface area (Å²) in [6, 6.07) is 0. The van der Waals surface area contributed by atoms with Gasteiger partial charge in [-0.1, -0.05) is 13.8 Å². The molecule has 24 heavy (non-hydrogen) atoms. The third-order valence-corrected chi connectivity index (χ3v) is 3.51. The van der Waals surface area contributed by atoms with E-state index in [4.69, 9.17) is 5.11 Å². The molecular weight excluding hydrogens is 440 g/mol. The van der Waals surface area contributed by atoms with Crippen molar-refractivity contribution >= 4 is 35.8 Å². The first-order valence-corrected chi connectivity index (χ1v) is 7.73. The highest BCUT2D eigenvalue weighted by Crippen LogP contribution is 2.20. The van der Waals surface area contributed by atoms with Crippen molar-refractivity contribution < 1.29 is 23.1 Å². The van der Waals surface area contributed by atoms with Crippen LogP contribution < -0.4 is 5.32 Å². The average Bonchev–Trinajstić information content (AvgIpc) is 2.49. The molecule has 10 heteroatoms. The molecule has 1 aliphatic heterocycles. The van der Waals surface area contributed by atoms with Gasteiger partial charge in [0.05, 0.1) is 6.54 Å². The molecule has 142 valence electrons. The number of nitrogens with zero attached hydrogens (tertiary/aromatic N) is 3. The number of carbonyl (C=O) groups is 1. The Morgan fingerprint density at radius 3 is 2.12 bits per heavy atom. The molecule has 1 rings (SSSR count). The van der Waals surface area contributed by atoms with Gasteiger partial charge in [0.15, 0.2) is 12.1 Å². The van der Waals surface area contributed by atoms with E-state index in [1.54, 1.807) is 9.80 Å². The Kier molecular flexibility index (Phi) is 9.93. The van der Waals surface area contributed by atoms with E-state index in [0.717, 1.165) is 0 Å². The van der Waals surface area contributed by atoms with Crippen molar-refractivity contribution in [3.05, 3.63) is 0 Å². The lowest BCUT2D eigenvalue weighted by Crippen LogP contribution is -2.54. The Balaban J connectivity index is 0.00000529. The zero-order chi connectivity index (χ0) is 17.6. The first-order valence-electron chi connectivity index (χ1n) is 7.73. The van der Waals surface area contributed by atoms with Crippen molar-refractivity contribution in [2.24, 2.45) is 10.9 Å². The number of alkyl halides is 3. The molecule has 0 saturated carbocycles. The molecule has 1 amide bonds. The minimum atomic E-state index is -4.68. The van der Waals surface area contributed by atoms with Crippen LogP contribution >= 0.6 is 24.0 Å². The van der Waals surface area contributed by atoms with Gasteiger partial charge < -0.3 is 20.2 Å². The number of piperazine rings is 1. The third-order valence-electron chi connectivity index (χ3n) is 3.51. The molecule has 1 heterocycles. The van der Waals surface area contributed by atoms with E-state index in [0.29, 0.717) is 38.7 Å². The van der Waals surface area contributed by atoms with Crippen LogP contribution in [-0.2, 0) is 4.79 Å². The van der Waals surface area contributed by atoms with Crippen LogP contribution in [0.1, 0.15) is 20.8 Å². The van der Waals surface area contributed by atoms with Gasteiger partial charge in [-0.05, 0) is 6.92 Å². The number of aliphatic imine (C=N–C) groups is 1. The molecule has 1 unspecified atom stereocenters. The average molecular weight is 466 g/mol. The summed E-state index contributed by atoms with van der Waals surface area (Å²) < 4.78 is 37.0. The Morgan fingerprint density at radius 2 is 1.71 bits per heavy atom. The Hall–Kier alpha value is -0.780. The molecule has 1 atom stereocenters. The van der Waals surface area contributed by atoms with Gasteiger partial charge in [-0.2, -0.15) is 13.2 Å². The highest BCUT2D eigenvalue weighted by atomic mass is 127. The maximum Gasteiger partial charge on any atom is 0.416 e. The minimum absolute atomic E-state index is 0. The fraction of sp³-hybridized carbons (Fsp3) is 0.857. The van der Waals surface area contributed by atoms with Crippen molar-refractivity contribution in [2.75, 3.05) is 39.3 Å². The quantitative estimate of drug-likeness (QED) is 0.373. The van der Waals surface area contributed by atoms with Crippen LogP contribution in [0.5, 0.6) is 0 Å². The van der Waals surface area contributed by atoms with Gasteiger partial charge in [-0.15, -0.1) is 24.0 Å². The van der Waals surface area contributed by atoms with Crippen molar-refractivity contribution in [1.82, 2.24) is 15.1 Å². The van der Waals surface area contributed by atoms with Crippen LogP contribution in [0.2, 0.25) is 0 Å². The molecule has 0 bridgehead atoms. The van der Waals surface area contributed by atoms with E-state index in [1.165, 1.54) is 0 Å². The number of amides is 1. The zero-order valence-corrected chi connectivity index (χ0v) is 16.5. The molecule has 0 aromatic heterocycles. The monoisotopic (exact) mass is 466 g/mol. The smallest absolute Gasteiger partial charge is 0.382 e. The molecular formula is C14H26F3IN4O2. The fourth-order valence-electron chi connectivity index (χ4n) is 2.21. The van der Waals surface area contributed by atoms with Gasteiger partial charge in [0.2, 0.25) is 5.91 Å². The van der Waals surface area contributed by atoms with Gasteiger partial charge in [-0.3, -0.25) is 9.79 Å². The van der Waals surface area contributed by atoms with Crippen molar-refractivity contribution in [3.8, 4) is 0 Å². The van der Waals surface area contributed by atoms with E-state index < -0.39 is 18.8 Å². The molecule has 0 radical (unpaired) electrons. The summed E-state index contributed by atoms with van der Waals surface area (Å²) in [5.41, 5.74) is 0. The lowest BCUT2D eigenvalue weighted by Gasteiger charge is -2.37. The summed E-state index contributed by atoms with van der Waals surface area (Å²) in [6.45, 7) is 7.24. The van der Waals surface area contributed by atoms with Gasteiger partial charge in [0, 0.05) is 38.6 Å². The number of nitrogens with one attached hydrogen (secondary N) is 1. The molecule has 2 N–H and O–H groups in total. The van der Waals surface area contributed by atoms with E-state index in [2.05, 4.69) is 10.3 Å². The number of carbonyl (C=O) groups excluding carboxylic acids is 1. The maximum absolute atomic E-state index is 12.3. The standard InChI is InChI=1S/C14H25F3N4O2.HI/c1-4-18-13(19-9-11(22)14(15,16)17)21-7-5-20(6-8-21)12(23)10(2)3;/h10-11,22H,4-9H2,1-3H3,(H,18,19);1H. The summed E-state index contributed by atoms with van der Waals surface area (Å²) in [7, 11) is 0. The number of guanidine groups is 1. The predicted octanol–water partition coefficient (Wildman–Crippen LogP) is 1.29. The zero-order valence-electron chi connectivity index (χ0n) is 14.1. The lowest BCUT2D eigenvalue weighted by atomic mass is 10.1. The van der Waals surface area contributed by atoms with Gasteiger partial charge in [0.25, 0.3) is 0 Å². The van der Waals surface area contributed by atoms with Crippen molar-refractivity contribution in [2.45, 2.75) is 33.1 Å². The second-order valence-electron chi connectivity index (χ2n) is 5.72. The number of aliphatic hydroxyl groups excluding tert-OH is 1. The number of hydrogen-bond acceptors (Lipinski definition) is 3. The van der Waals surface area contributed by atoms with Crippen molar-refractivity contribution in [3.63, 3.8) is 0 Å². The number of aliphatic hydroxyl groups is 1. The Labute approximate surface area is 157 Å². The largest absolute Gasteiger partial charge is 0.416 e. The SMILES string of the molecule is CCNC(=NCC(O)C(F)(F)F)N1CCN(C(=O)C(C)C)CC1.I. The lowest BCUT2D eigenvalue weighted by molar-refractivity contribution is -0.199. The Morgan fingerprint density at radius 1 is 1.21 bits per heavy atom. The van der Waals surface area contributed by atoms with Crippen LogP contribution in [0, 0.1) is 5.92 Å². The fourth-order valence-corrected chi connectivity index (χ4v) is 2.21. The third kappa shape index (κ3) is 6.99. The molecule has 6 nitrogen and oxygen atoms in total. The molecule has 0 spiro atoms. The first kappa shape index (κ1) is 23.2. The maximum atomic E-state index is 12.3. The topological polar surface area (TPSA) is 68.2 Å². The van der Waals surface area contributed by atoms with E-state index in [9.17, 15) is 18.0 Å². The van der Waals surface area contributed by atoms with Gasteiger partial charge >= 0.3 is 6.18 Å². The van der Waals surface area contributed by atoms with Crippen LogP contribution in [0.4, 0.5) is 13.2 Å². The number of halogens is 4. The van der Waals surface area contributed by atoms with Gasteiger partial charge in [-0.25, -0.2) is 0 Å². The predicted molar refractivity (Wildman–Crippen MR) is 96.4 cm³/mol. The van der Waals surface area contributed by atoms with E-state index in [1.807, 2.05) is 20.8 Å². The Bertz CT molecular complexity index is 425. The molecule has 1 saturated heterocycles. The van der Waals surface area contributed by atoms with E-state index in [-0.39, 0.29) is 35.8 Å². The molecule has 1 fully saturated rings. The van der Waals surface area contributed by atoms with Gasteiger partial charge in [0.1, 0.15) is 0 Å². The highest BCUT2D eigenvalue weighted by molar-refractivity contribution is 14.0. The summed E-state index contributed by atoms with van der Waals surface area (Å²) in [6.07, 6.45) is -7.15. The summed E-state index contributed by atoms with van der Waals surface area (Å²) in [4.78, 5) is 19.3. The second-order valence-corrected chi connectivity index (χ2v) is 5.72. The summed E-state index contributed by atoms with van der Waals surface area (Å²) in [5.74, 6) is 0.317. The first-order chi connectivity index (χ1) is 10.7. The number of rotatable bonds is 4. The van der Waals surface area contributed by atoms with Crippen molar-refractivity contribution in [1.29, 1.82) is 0 Å². The molecule has 0 aliphatic carbocycles. The summed E-state index contributed by atoms with van der Waals surface area (Å²) in [5, 5.41) is 12.0. The number of hydrogen-bond donors (Lipinski definition) is 2. The molecule has 0 aromatic rings.